The average Bonchev–Trinajstić information content (AvgIpc) is 1.39. The van der Waals surface area contributed by atoms with Crippen molar-refractivity contribution in [3.8, 4) is 0 Å². The fourth-order valence-electron chi connectivity index (χ4n) is 0. The lowest BCUT2D eigenvalue weighted by Crippen LogP contribution is -1.33. The summed E-state index contributed by atoms with van der Waals surface area (Å²) in [5, 5.41) is 0. The molecule has 43 valence electrons. The maximum Gasteiger partial charge on any atom is 0 e. The maximum atomic E-state index is 2.29. The predicted molar refractivity (Wildman–Crippen MR) is 54.9 cm³/mol. The van der Waals surface area contributed by atoms with Crippen LogP contribution in [0.2, 0.25) is 0 Å². The minimum Gasteiger partial charge on any atom is -0.0867 e. The molecule has 0 rings (SSSR count). The van der Waals surface area contributed by atoms with Crippen LogP contribution in [0, 0.1) is 0 Å². The molecule has 0 aliphatic rings. The predicted octanol–water partition coefficient (Wildman–Crippen LogP) is 2.50. The van der Waals surface area contributed by atoms with Crippen molar-refractivity contribution in [3.05, 3.63) is 0 Å². The molecule has 0 heterocycles. The Morgan fingerprint density at radius 1 is 1.00 bits per heavy atom. The summed E-state index contributed by atoms with van der Waals surface area (Å²) in [5.41, 5.74) is 0. The zero-order valence-electron chi connectivity index (χ0n) is 4.75. The molecule has 0 unspecified atom stereocenters. The third kappa shape index (κ3) is 72.3. The van der Waals surface area contributed by atoms with E-state index in [1.165, 1.54) is 8.86 Å². The Morgan fingerprint density at radius 3 is 1.00 bits per heavy atom. The Balaban J connectivity index is -0.0000000400. The molecule has 0 atom stereocenters. The lowest BCUT2D eigenvalue weighted by Gasteiger charge is -1.45. The molecule has 7 heavy (non-hydrogen) atoms. The SMILES string of the molecule is CCI.CCI.[Al]. The molecule has 0 saturated carbocycles. The van der Waals surface area contributed by atoms with E-state index in [4.69, 9.17) is 0 Å². The molecule has 0 saturated heterocycles. The molecule has 3 radical (unpaired) electrons. The first-order valence-electron chi connectivity index (χ1n) is 1.95. The van der Waals surface area contributed by atoms with Gasteiger partial charge in [-0.2, -0.15) is 0 Å². The molecule has 0 aromatic heterocycles. The highest BCUT2D eigenvalue weighted by molar-refractivity contribution is 14.1. The number of hydrogen-bond acceptors (Lipinski definition) is 0. The van der Waals surface area contributed by atoms with E-state index in [2.05, 4.69) is 59.0 Å². The summed E-state index contributed by atoms with van der Waals surface area (Å²) in [5.74, 6) is 0. The molecule has 0 aromatic rings. The molecule has 0 aromatic carbocycles. The quantitative estimate of drug-likeness (QED) is 0.362. The number of halogens is 2. The molecule has 0 aliphatic heterocycles. The van der Waals surface area contributed by atoms with Gasteiger partial charge in [0.2, 0.25) is 0 Å². The van der Waals surface area contributed by atoms with Gasteiger partial charge in [-0.1, -0.05) is 59.0 Å². The van der Waals surface area contributed by atoms with Gasteiger partial charge in [0.05, 0.1) is 0 Å². The van der Waals surface area contributed by atoms with Gasteiger partial charge in [0.15, 0.2) is 0 Å². The van der Waals surface area contributed by atoms with E-state index in [1.807, 2.05) is 0 Å². The molecule has 0 spiro atoms. The van der Waals surface area contributed by atoms with Gasteiger partial charge in [-0.3, -0.25) is 0 Å². The number of alkyl halides is 2. The van der Waals surface area contributed by atoms with E-state index in [-0.39, 0.29) is 17.4 Å². The van der Waals surface area contributed by atoms with Crippen LogP contribution in [0.3, 0.4) is 0 Å². The molecular weight excluding hydrogens is 329 g/mol. The van der Waals surface area contributed by atoms with Gasteiger partial charge in [-0.25, -0.2) is 0 Å². The van der Waals surface area contributed by atoms with E-state index < -0.39 is 0 Å². The highest BCUT2D eigenvalue weighted by atomic mass is 127. The van der Waals surface area contributed by atoms with E-state index in [1.54, 1.807) is 0 Å². The second-order valence-electron chi connectivity index (χ2n) is 0.535. The van der Waals surface area contributed by atoms with E-state index in [9.17, 15) is 0 Å². The normalized spacial score (nSPS) is 5.14. The second kappa shape index (κ2) is 24.5. The summed E-state index contributed by atoms with van der Waals surface area (Å²) in [6.45, 7) is 4.22. The summed E-state index contributed by atoms with van der Waals surface area (Å²) in [6.07, 6.45) is 0. The molecule has 0 aliphatic carbocycles. The van der Waals surface area contributed by atoms with Crippen molar-refractivity contribution in [1.82, 2.24) is 0 Å². The van der Waals surface area contributed by atoms with E-state index in [0.29, 0.717) is 0 Å². The van der Waals surface area contributed by atoms with Gasteiger partial charge in [0.25, 0.3) is 0 Å². The summed E-state index contributed by atoms with van der Waals surface area (Å²) in [4.78, 5) is 0. The van der Waals surface area contributed by atoms with E-state index in [0.717, 1.165) is 0 Å². The molecule has 0 nitrogen and oxygen atoms in total. The third-order valence-electron chi connectivity index (χ3n) is 0. The van der Waals surface area contributed by atoms with Crippen LogP contribution >= 0.6 is 45.2 Å². The third-order valence-corrected chi connectivity index (χ3v) is 0. The van der Waals surface area contributed by atoms with Crippen LogP contribution in [0.25, 0.3) is 0 Å². The van der Waals surface area contributed by atoms with E-state index >= 15 is 0 Å². The van der Waals surface area contributed by atoms with Crippen LogP contribution in [0.15, 0.2) is 0 Å². The summed E-state index contributed by atoms with van der Waals surface area (Å²) in [7, 11) is 0. The Hall–Kier alpha value is 1.99. The highest BCUT2D eigenvalue weighted by Gasteiger charge is 1.38. The molecule has 0 fully saturated rings. The summed E-state index contributed by atoms with van der Waals surface area (Å²) in [6, 6.07) is 0. The highest BCUT2D eigenvalue weighted by Crippen LogP contribution is 1.69. The van der Waals surface area contributed by atoms with Gasteiger partial charge in [0.1, 0.15) is 0 Å². The van der Waals surface area contributed by atoms with Crippen molar-refractivity contribution in [2.45, 2.75) is 13.8 Å². The Labute approximate surface area is 84.2 Å². The minimum absolute atomic E-state index is 0. The molecule has 3 heteroatoms. The van der Waals surface area contributed by atoms with Crippen molar-refractivity contribution in [3.63, 3.8) is 0 Å². The van der Waals surface area contributed by atoms with Gasteiger partial charge in [-0.15, -0.1) is 0 Å². The van der Waals surface area contributed by atoms with Crippen LogP contribution in [0.1, 0.15) is 13.8 Å². The largest absolute Gasteiger partial charge is 0.0867 e. The Kier molecular flexibility index (Phi) is 56.0. The van der Waals surface area contributed by atoms with Gasteiger partial charge >= 0.3 is 0 Å². The monoisotopic (exact) mass is 339 g/mol. The fourth-order valence-corrected chi connectivity index (χ4v) is 0. The van der Waals surface area contributed by atoms with Gasteiger partial charge in [0, 0.05) is 17.4 Å². The first-order chi connectivity index (χ1) is 2.83. The summed E-state index contributed by atoms with van der Waals surface area (Å²) < 4.78 is 2.44. The van der Waals surface area contributed by atoms with Crippen molar-refractivity contribution in [1.29, 1.82) is 0 Å². The van der Waals surface area contributed by atoms with Crippen LogP contribution in [0.4, 0.5) is 0 Å². The maximum absolute atomic E-state index is 2.29. The van der Waals surface area contributed by atoms with Crippen LogP contribution in [-0.4, -0.2) is 26.2 Å². The van der Waals surface area contributed by atoms with Crippen molar-refractivity contribution < 1.29 is 0 Å². The van der Waals surface area contributed by atoms with Crippen molar-refractivity contribution in [2.75, 3.05) is 8.86 Å². The van der Waals surface area contributed by atoms with Crippen LogP contribution in [-0.2, 0) is 0 Å². The topological polar surface area (TPSA) is 0 Å². The number of hydrogen-bond donors (Lipinski definition) is 0. The lowest BCUT2D eigenvalue weighted by molar-refractivity contribution is 1.58. The smallest absolute Gasteiger partial charge is 0 e. The minimum atomic E-state index is 0. The molecular formula is C4H10AlI2. The fraction of sp³-hybridized carbons (Fsp3) is 1.00. The molecule has 0 N–H and O–H groups in total. The Morgan fingerprint density at radius 2 is 1.00 bits per heavy atom. The van der Waals surface area contributed by atoms with Crippen LogP contribution in [0.5, 0.6) is 0 Å². The Bertz CT molecular complexity index is 11.7. The first-order valence-corrected chi connectivity index (χ1v) is 5.00. The van der Waals surface area contributed by atoms with Gasteiger partial charge < -0.3 is 0 Å². The molecule has 0 bridgehead atoms. The summed E-state index contributed by atoms with van der Waals surface area (Å²) >= 11 is 4.58. The number of rotatable bonds is 0. The first kappa shape index (κ1) is 16.0. The average molecular weight is 339 g/mol. The van der Waals surface area contributed by atoms with Crippen LogP contribution < -0.4 is 0 Å². The zero-order valence-corrected chi connectivity index (χ0v) is 10.2. The standard InChI is InChI=1S/2C2H5I.Al/c2*1-2-3;/h2*2H2,1H3;. The molecule has 0 amide bonds. The lowest BCUT2D eigenvalue weighted by atomic mass is 11.0. The zero-order chi connectivity index (χ0) is 5.41. The van der Waals surface area contributed by atoms with Gasteiger partial charge in [-0.05, 0) is 8.86 Å². The van der Waals surface area contributed by atoms with Crippen molar-refractivity contribution in [2.24, 2.45) is 0 Å². The van der Waals surface area contributed by atoms with Crippen molar-refractivity contribution >= 4 is 62.5 Å². The second-order valence-corrected chi connectivity index (χ2v) is 3.59.